The third kappa shape index (κ3) is 7.11. The average Bonchev–Trinajstić information content (AvgIpc) is 3.30. The smallest absolute Gasteiger partial charge is 0.416 e. The van der Waals surface area contributed by atoms with Crippen LogP contribution in [0.15, 0.2) is 61.1 Å². The first-order valence-electron chi connectivity index (χ1n) is 11.7. The molecule has 38 heavy (non-hydrogen) atoms. The molecule has 0 saturated heterocycles. The highest BCUT2D eigenvalue weighted by atomic mass is 35.5. The fraction of sp³-hybridized carbons (Fsp3) is 0.269. The number of nitrogens with one attached hydrogen (secondary N) is 2. The second-order valence-electron chi connectivity index (χ2n) is 8.31. The van der Waals surface area contributed by atoms with Crippen molar-refractivity contribution in [3.8, 4) is 11.5 Å². The number of alkyl halides is 3. The van der Waals surface area contributed by atoms with E-state index in [9.17, 15) is 18.0 Å². The van der Waals surface area contributed by atoms with Gasteiger partial charge in [-0.3, -0.25) is 4.79 Å². The highest BCUT2D eigenvalue weighted by Crippen LogP contribution is 2.36. The number of carbonyl (C=O) groups is 1. The molecule has 200 valence electrons. The number of amides is 1. The van der Waals surface area contributed by atoms with Crippen LogP contribution in [0.25, 0.3) is 11.0 Å². The van der Waals surface area contributed by atoms with Gasteiger partial charge in [-0.15, -0.1) is 0 Å². The molecule has 0 aliphatic heterocycles. The Morgan fingerprint density at radius 1 is 1.16 bits per heavy atom. The number of hydrogen-bond donors (Lipinski definition) is 2. The molecule has 0 unspecified atom stereocenters. The Morgan fingerprint density at radius 2 is 2.00 bits per heavy atom. The van der Waals surface area contributed by atoms with Crippen molar-refractivity contribution >= 4 is 51.8 Å². The second-order valence-corrected chi connectivity index (χ2v) is 9.70. The highest BCUT2D eigenvalue weighted by molar-refractivity contribution is 7.98. The summed E-state index contributed by atoms with van der Waals surface area (Å²) in [5.41, 5.74) is 1.31. The van der Waals surface area contributed by atoms with Crippen molar-refractivity contribution in [1.82, 2.24) is 19.9 Å². The lowest BCUT2D eigenvalue weighted by Gasteiger charge is -2.13. The van der Waals surface area contributed by atoms with E-state index >= 15 is 0 Å². The van der Waals surface area contributed by atoms with E-state index in [1.54, 1.807) is 30.0 Å². The summed E-state index contributed by atoms with van der Waals surface area (Å²) < 4.78 is 46.6. The summed E-state index contributed by atoms with van der Waals surface area (Å²) in [6.07, 6.45) is 1.92. The molecule has 4 rings (SSSR count). The molecule has 0 bridgehead atoms. The molecule has 0 spiro atoms. The van der Waals surface area contributed by atoms with Crippen LogP contribution in [0.2, 0.25) is 5.02 Å². The van der Waals surface area contributed by atoms with Gasteiger partial charge in [0.2, 0.25) is 5.91 Å². The molecule has 2 heterocycles. The summed E-state index contributed by atoms with van der Waals surface area (Å²) in [5, 5.41) is 6.33. The van der Waals surface area contributed by atoms with Gasteiger partial charge in [-0.25, -0.2) is 9.97 Å². The van der Waals surface area contributed by atoms with E-state index in [4.69, 9.17) is 16.3 Å². The predicted octanol–water partition coefficient (Wildman–Crippen LogP) is 6.90. The molecule has 4 aromatic rings. The summed E-state index contributed by atoms with van der Waals surface area (Å²) in [4.78, 5) is 20.7. The van der Waals surface area contributed by atoms with Crippen molar-refractivity contribution in [2.24, 2.45) is 0 Å². The number of nitrogens with zero attached hydrogens (tertiary/aromatic N) is 3. The third-order valence-corrected chi connectivity index (χ3v) is 6.47. The summed E-state index contributed by atoms with van der Waals surface area (Å²) in [6, 6.07) is 11.3. The maximum absolute atomic E-state index is 13.0. The van der Waals surface area contributed by atoms with Crippen LogP contribution in [0.5, 0.6) is 11.5 Å². The van der Waals surface area contributed by atoms with E-state index in [0.717, 1.165) is 28.9 Å². The Kier molecular flexibility index (Phi) is 9.01. The van der Waals surface area contributed by atoms with E-state index in [0.29, 0.717) is 37.4 Å². The van der Waals surface area contributed by atoms with Gasteiger partial charge in [0.25, 0.3) is 0 Å². The topological polar surface area (TPSA) is 81.1 Å². The van der Waals surface area contributed by atoms with Crippen molar-refractivity contribution < 1.29 is 22.7 Å². The summed E-state index contributed by atoms with van der Waals surface area (Å²) in [5.74, 6) is 1.68. The fourth-order valence-corrected chi connectivity index (χ4v) is 4.29. The van der Waals surface area contributed by atoms with E-state index in [2.05, 4.69) is 20.6 Å². The SMILES string of the molecule is CSCCNC(=O)CCCn1ccc2ncnc(Nc3ccc(Oc4cccc(C(F)(F)F)c4)c(Cl)c3)c21. The van der Waals surface area contributed by atoms with Crippen LogP contribution < -0.4 is 15.4 Å². The monoisotopic (exact) mass is 563 g/mol. The number of hydrogen-bond acceptors (Lipinski definition) is 6. The first-order valence-corrected chi connectivity index (χ1v) is 13.5. The Balaban J connectivity index is 1.45. The molecular weight excluding hydrogens is 539 g/mol. The lowest BCUT2D eigenvalue weighted by atomic mass is 10.2. The number of rotatable bonds is 11. The quantitative estimate of drug-likeness (QED) is 0.193. The minimum Gasteiger partial charge on any atom is -0.456 e. The number of benzene rings is 2. The molecular formula is C26H25ClF3N5O2S. The molecule has 0 radical (unpaired) electrons. The summed E-state index contributed by atoms with van der Waals surface area (Å²) >= 11 is 8.06. The number of anilines is 2. The molecule has 2 aromatic carbocycles. The van der Waals surface area contributed by atoms with Crippen LogP contribution in [-0.4, -0.2) is 39.0 Å². The Labute approximate surface area is 226 Å². The predicted molar refractivity (Wildman–Crippen MR) is 144 cm³/mol. The molecule has 2 aromatic heterocycles. The maximum Gasteiger partial charge on any atom is 0.416 e. The average molecular weight is 564 g/mol. The molecule has 0 saturated carbocycles. The largest absolute Gasteiger partial charge is 0.456 e. The van der Waals surface area contributed by atoms with Crippen LogP contribution in [-0.2, 0) is 17.5 Å². The zero-order chi connectivity index (χ0) is 27.1. The van der Waals surface area contributed by atoms with Gasteiger partial charge < -0.3 is 19.9 Å². The van der Waals surface area contributed by atoms with Crippen molar-refractivity contribution in [3.05, 3.63) is 71.6 Å². The maximum atomic E-state index is 13.0. The van der Waals surface area contributed by atoms with E-state index in [1.807, 2.05) is 23.1 Å². The zero-order valence-corrected chi connectivity index (χ0v) is 22.0. The van der Waals surface area contributed by atoms with Crippen molar-refractivity contribution in [1.29, 1.82) is 0 Å². The molecule has 12 heteroatoms. The normalized spacial score (nSPS) is 11.5. The van der Waals surface area contributed by atoms with Gasteiger partial charge in [0.15, 0.2) is 5.82 Å². The molecule has 0 aliphatic carbocycles. The fourth-order valence-electron chi connectivity index (χ4n) is 3.76. The van der Waals surface area contributed by atoms with E-state index in [1.165, 1.54) is 18.5 Å². The minimum atomic E-state index is -4.47. The first kappa shape index (κ1) is 27.6. The number of aryl methyl sites for hydroxylation is 1. The summed E-state index contributed by atoms with van der Waals surface area (Å²) in [7, 11) is 0. The Morgan fingerprint density at radius 3 is 2.76 bits per heavy atom. The number of fused-ring (bicyclic) bond motifs is 1. The second kappa shape index (κ2) is 12.4. The van der Waals surface area contributed by atoms with Crippen molar-refractivity contribution in [3.63, 3.8) is 0 Å². The van der Waals surface area contributed by atoms with Crippen LogP contribution in [0.3, 0.4) is 0 Å². The number of thioether (sulfide) groups is 1. The van der Waals surface area contributed by atoms with Gasteiger partial charge >= 0.3 is 6.18 Å². The molecule has 0 aliphatic rings. The van der Waals surface area contributed by atoms with Gasteiger partial charge in [0.05, 0.1) is 16.1 Å². The van der Waals surface area contributed by atoms with Gasteiger partial charge in [-0.05, 0) is 55.1 Å². The zero-order valence-electron chi connectivity index (χ0n) is 20.4. The first-order chi connectivity index (χ1) is 18.2. The number of ether oxygens (including phenoxy) is 1. The summed E-state index contributed by atoms with van der Waals surface area (Å²) in [6.45, 7) is 1.26. The number of carbonyl (C=O) groups excluding carboxylic acids is 1. The lowest BCUT2D eigenvalue weighted by molar-refractivity contribution is -0.137. The van der Waals surface area contributed by atoms with Gasteiger partial charge in [-0.2, -0.15) is 24.9 Å². The third-order valence-electron chi connectivity index (χ3n) is 5.57. The van der Waals surface area contributed by atoms with Gasteiger partial charge in [0.1, 0.15) is 23.3 Å². The molecule has 0 atom stereocenters. The van der Waals surface area contributed by atoms with Crippen molar-refractivity contribution in [2.45, 2.75) is 25.6 Å². The van der Waals surface area contributed by atoms with Crippen LogP contribution in [0.4, 0.5) is 24.7 Å². The van der Waals surface area contributed by atoms with E-state index in [-0.39, 0.29) is 22.4 Å². The molecule has 0 fully saturated rings. The van der Waals surface area contributed by atoms with Crippen LogP contribution >= 0.6 is 23.4 Å². The highest BCUT2D eigenvalue weighted by Gasteiger charge is 2.30. The molecule has 7 nitrogen and oxygen atoms in total. The standard InChI is InChI=1S/C26H25ClF3N5O2S/c1-38-13-10-31-23(36)6-3-11-35-12-9-21-24(35)25(33-16-32-21)34-18-7-8-22(20(27)15-18)37-19-5-2-4-17(14-19)26(28,29)30/h2,4-5,7-9,12,14-16H,3,6,10-11,13H2,1H3,(H,31,36)(H,32,33,34). The molecule has 2 N–H and O–H groups in total. The Hall–Kier alpha value is -3.44. The Bertz CT molecular complexity index is 1410. The van der Waals surface area contributed by atoms with E-state index < -0.39 is 11.7 Å². The molecule has 1 amide bonds. The van der Waals surface area contributed by atoms with Crippen LogP contribution in [0.1, 0.15) is 18.4 Å². The number of halogens is 4. The van der Waals surface area contributed by atoms with Crippen molar-refractivity contribution in [2.75, 3.05) is 23.9 Å². The minimum absolute atomic E-state index is 0.0205. The van der Waals surface area contributed by atoms with Gasteiger partial charge in [0, 0.05) is 37.1 Å². The lowest BCUT2D eigenvalue weighted by Crippen LogP contribution is -2.25. The van der Waals surface area contributed by atoms with Crippen LogP contribution in [0, 0.1) is 0 Å². The van der Waals surface area contributed by atoms with Gasteiger partial charge in [-0.1, -0.05) is 17.7 Å². The number of aromatic nitrogens is 3.